The van der Waals surface area contributed by atoms with Crippen molar-refractivity contribution < 1.29 is 38.0 Å². The van der Waals surface area contributed by atoms with Crippen LogP contribution in [0.1, 0.15) is 56.5 Å². The number of carbonyl (C=O) groups excluding carboxylic acids is 1. The number of rotatable bonds is 4. The summed E-state index contributed by atoms with van der Waals surface area (Å²) in [7, 11) is -0.745. The summed E-state index contributed by atoms with van der Waals surface area (Å²) in [6.45, 7) is 14.6. The zero-order valence-electron chi connectivity index (χ0n) is 21.8. The number of carbonyl (C=O) groups is 1. The third-order valence-corrected chi connectivity index (χ3v) is 12.8. The van der Waals surface area contributed by atoms with E-state index in [1.807, 2.05) is 19.9 Å². The fourth-order valence-corrected chi connectivity index (χ4v) is 7.04. The molecule has 0 aromatic heterocycles. The molecule has 3 heterocycles. The lowest BCUT2D eigenvalue weighted by Crippen LogP contribution is -2.66. The molecule has 194 valence electrons. The third-order valence-electron chi connectivity index (χ3n) is 8.30. The molecule has 2 N–H and O–H groups in total. The second-order valence-corrected chi connectivity index (χ2v) is 16.6. The summed E-state index contributed by atoms with van der Waals surface area (Å²) in [4.78, 5) is 13.4. The van der Waals surface area contributed by atoms with Crippen molar-refractivity contribution in [2.24, 2.45) is 5.92 Å². The van der Waals surface area contributed by atoms with E-state index in [0.717, 1.165) is 5.56 Å². The molecule has 1 aliphatic carbocycles. The van der Waals surface area contributed by atoms with E-state index < -0.39 is 38.5 Å². The topological polar surface area (TPSA) is 105 Å². The molecule has 0 unspecified atom stereocenters. The van der Waals surface area contributed by atoms with Gasteiger partial charge in [0.2, 0.25) is 12.5 Å². The largest absolute Gasteiger partial charge is 0.492 e. The van der Waals surface area contributed by atoms with E-state index in [1.54, 1.807) is 0 Å². The quantitative estimate of drug-likeness (QED) is 0.599. The molecule has 6 atom stereocenters. The van der Waals surface area contributed by atoms with Crippen LogP contribution < -0.4 is 19.5 Å². The Morgan fingerprint density at radius 1 is 1.20 bits per heavy atom. The van der Waals surface area contributed by atoms with Gasteiger partial charge >= 0.3 is 0 Å². The first-order valence-electron chi connectivity index (χ1n) is 12.3. The van der Waals surface area contributed by atoms with Crippen molar-refractivity contribution in [2.45, 2.75) is 88.8 Å². The highest BCUT2D eigenvalue weighted by molar-refractivity contribution is 6.74. The number of hydrogen-bond donors (Lipinski definition) is 2. The highest BCUT2D eigenvalue weighted by Crippen LogP contribution is 2.55. The van der Waals surface area contributed by atoms with E-state index in [-0.39, 0.29) is 36.2 Å². The van der Waals surface area contributed by atoms with Gasteiger partial charge in [-0.2, -0.15) is 0 Å². The summed E-state index contributed by atoms with van der Waals surface area (Å²) < 4.78 is 36.7. The SMILES string of the molecule is COc1c2c(cc3c1C(=O)N[C@H]1[C@@H]4OC(C)(C)O[C@@H]4[C@@H](O[Si](C)(C)C(C)(C)C)[C@H](CO)[C@H]31)OCO2. The monoisotopic (exact) mass is 507 g/mol. The molecule has 1 aromatic rings. The molecule has 5 rings (SSSR count). The second-order valence-electron chi connectivity index (χ2n) is 11.9. The number of aliphatic hydroxyl groups excluding tert-OH is 1. The second kappa shape index (κ2) is 8.07. The van der Waals surface area contributed by atoms with Crippen molar-refractivity contribution >= 4 is 14.2 Å². The fourth-order valence-electron chi connectivity index (χ4n) is 5.70. The number of benzene rings is 1. The molecule has 35 heavy (non-hydrogen) atoms. The number of nitrogens with one attached hydrogen (secondary N) is 1. The average Bonchev–Trinajstić information content (AvgIpc) is 3.35. The summed E-state index contributed by atoms with van der Waals surface area (Å²) >= 11 is 0. The summed E-state index contributed by atoms with van der Waals surface area (Å²) in [5.74, 6) is -0.485. The Hall–Kier alpha value is -1.85. The average molecular weight is 508 g/mol. The van der Waals surface area contributed by atoms with Gasteiger partial charge in [-0.15, -0.1) is 0 Å². The standard InChI is InChI=1S/C25H37NO8Si/c1-24(2,3)35(7,8)34-18-13(10-27)15-12-9-14-19(31-11-30-14)20(29-6)16(12)23(28)26-17(15)21-22(18)33-25(4,5)32-21/h9,13,15,17-18,21-22,27H,10-11H2,1-8H3,(H,26,28)/t13-,15+,17-,18+,21+,22-/m1/s1. The molecule has 0 radical (unpaired) electrons. The van der Waals surface area contributed by atoms with Gasteiger partial charge in [0.05, 0.1) is 24.8 Å². The number of aliphatic hydroxyl groups is 1. The van der Waals surface area contributed by atoms with Crippen LogP contribution in [0.3, 0.4) is 0 Å². The maximum atomic E-state index is 13.4. The minimum Gasteiger partial charge on any atom is -0.492 e. The number of ether oxygens (including phenoxy) is 5. The Kier molecular flexibility index (Phi) is 5.73. The zero-order chi connectivity index (χ0) is 25.5. The predicted molar refractivity (Wildman–Crippen MR) is 130 cm³/mol. The van der Waals surface area contributed by atoms with Gasteiger partial charge in [0.1, 0.15) is 12.2 Å². The molecule has 2 fully saturated rings. The summed E-state index contributed by atoms with van der Waals surface area (Å²) in [6, 6.07) is 1.44. The van der Waals surface area contributed by atoms with E-state index in [1.165, 1.54) is 7.11 Å². The van der Waals surface area contributed by atoms with E-state index in [4.69, 9.17) is 28.1 Å². The van der Waals surface area contributed by atoms with Gasteiger partial charge < -0.3 is 38.5 Å². The molecule has 0 spiro atoms. The number of fused-ring (bicyclic) bond motifs is 6. The first-order chi connectivity index (χ1) is 16.3. The van der Waals surface area contributed by atoms with Crippen LogP contribution in [0.5, 0.6) is 17.2 Å². The molecule has 1 saturated carbocycles. The minimum atomic E-state index is -2.26. The van der Waals surface area contributed by atoms with Gasteiger partial charge in [0, 0.05) is 18.4 Å². The molecule has 1 aromatic carbocycles. The van der Waals surface area contributed by atoms with Crippen molar-refractivity contribution in [1.29, 1.82) is 0 Å². The Bertz CT molecular complexity index is 1040. The maximum absolute atomic E-state index is 13.4. The normalized spacial score (nSPS) is 33.0. The maximum Gasteiger partial charge on any atom is 0.255 e. The highest BCUT2D eigenvalue weighted by atomic mass is 28.4. The number of hydrogen-bond acceptors (Lipinski definition) is 8. The lowest BCUT2D eigenvalue weighted by Gasteiger charge is -2.52. The van der Waals surface area contributed by atoms with Gasteiger partial charge in [0.25, 0.3) is 5.91 Å². The molecule has 10 heteroatoms. The van der Waals surface area contributed by atoms with Gasteiger partial charge in [-0.3, -0.25) is 4.79 Å². The Morgan fingerprint density at radius 3 is 2.51 bits per heavy atom. The first kappa shape index (κ1) is 24.8. The molecular weight excluding hydrogens is 470 g/mol. The van der Waals surface area contributed by atoms with Crippen molar-refractivity contribution in [3.63, 3.8) is 0 Å². The smallest absolute Gasteiger partial charge is 0.255 e. The van der Waals surface area contributed by atoms with Gasteiger partial charge in [-0.1, -0.05) is 20.8 Å². The molecule has 1 saturated heterocycles. The van der Waals surface area contributed by atoms with Crippen molar-refractivity contribution in [3.05, 3.63) is 17.2 Å². The summed E-state index contributed by atoms with van der Waals surface area (Å²) in [5, 5.41) is 13.9. The highest BCUT2D eigenvalue weighted by Gasteiger charge is 2.62. The number of methoxy groups -OCH3 is 1. The van der Waals surface area contributed by atoms with Crippen LogP contribution in [0.4, 0.5) is 0 Å². The molecule has 9 nitrogen and oxygen atoms in total. The number of amides is 1. The van der Waals surface area contributed by atoms with Crippen LogP contribution in [0.2, 0.25) is 18.1 Å². The summed E-state index contributed by atoms with van der Waals surface area (Å²) in [6.07, 6.45) is -1.30. The molecule has 0 bridgehead atoms. The molecule has 3 aliphatic heterocycles. The van der Waals surface area contributed by atoms with Crippen LogP contribution in [0.15, 0.2) is 6.07 Å². The van der Waals surface area contributed by atoms with E-state index in [2.05, 4.69) is 39.2 Å². The Labute approximate surface area is 207 Å². The van der Waals surface area contributed by atoms with Crippen molar-refractivity contribution in [3.8, 4) is 17.2 Å². The van der Waals surface area contributed by atoms with Crippen molar-refractivity contribution in [1.82, 2.24) is 5.32 Å². The molecular formula is C25H37NO8Si. The van der Waals surface area contributed by atoms with Crippen LogP contribution in [0, 0.1) is 5.92 Å². The van der Waals surface area contributed by atoms with Crippen LogP contribution >= 0.6 is 0 Å². The molecule has 4 aliphatic rings. The van der Waals surface area contributed by atoms with Gasteiger partial charge in [-0.25, -0.2) is 0 Å². The first-order valence-corrected chi connectivity index (χ1v) is 15.2. The minimum absolute atomic E-state index is 0.0394. The third kappa shape index (κ3) is 3.76. The Balaban J connectivity index is 1.67. The van der Waals surface area contributed by atoms with Crippen LogP contribution in [-0.4, -0.2) is 70.0 Å². The molecule has 1 amide bonds. The lowest BCUT2D eigenvalue weighted by molar-refractivity contribution is -0.155. The summed E-state index contributed by atoms with van der Waals surface area (Å²) in [5.41, 5.74) is 1.15. The zero-order valence-corrected chi connectivity index (χ0v) is 22.8. The fraction of sp³-hybridized carbons (Fsp3) is 0.720. The van der Waals surface area contributed by atoms with Crippen LogP contribution in [0.25, 0.3) is 0 Å². The van der Waals surface area contributed by atoms with E-state index in [0.29, 0.717) is 22.8 Å². The van der Waals surface area contributed by atoms with Crippen LogP contribution in [-0.2, 0) is 13.9 Å². The van der Waals surface area contributed by atoms with Gasteiger partial charge in [-0.05, 0) is 43.6 Å². The van der Waals surface area contributed by atoms with E-state index in [9.17, 15) is 9.90 Å². The van der Waals surface area contributed by atoms with E-state index >= 15 is 0 Å². The van der Waals surface area contributed by atoms with Crippen molar-refractivity contribution in [2.75, 3.05) is 20.5 Å². The lowest BCUT2D eigenvalue weighted by atomic mass is 9.66. The predicted octanol–water partition coefficient (Wildman–Crippen LogP) is 3.15. The van der Waals surface area contributed by atoms with Gasteiger partial charge in [0.15, 0.2) is 25.6 Å². The Morgan fingerprint density at radius 2 is 1.89 bits per heavy atom.